The van der Waals surface area contributed by atoms with Crippen molar-refractivity contribution in [2.45, 2.75) is 37.5 Å². The van der Waals surface area contributed by atoms with Gasteiger partial charge in [0.25, 0.3) is 5.91 Å². The molecule has 5 nitrogen and oxygen atoms in total. The number of hydrogen-bond donors (Lipinski definition) is 1. The fraction of sp³-hybridized carbons (Fsp3) is 0.818. The summed E-state index contributed by atoms with van der Waals surface area (Å²) in [6, 6.07) is -0.854. The molecule has 1 saturated heterocycles. The van der Waals surface area contributed by atoms with E-state index in [0.29, 0.717) is 19.8 Å². The number of likely N-dealkylation sites (N-methyl/N-ethyl adjacent to an activating group) is 1. The summed E-state index contributed by atoms with van der Waals surface area (Å²) in [5, 5.41) is 0. The largest absolute Gasteiger partial charge is 0.415 e. The van der Waals surface area contributed by atoms with Crippen LogP contribution in [0.4, 0.5) is 13.2 Å². The van der Waals surface area contributed by atoms with Gasteiger partial charge < -0.3 is 15.5 Å². The maximum Gasteiger partial charge on any atom is 0.415 e. The maximum atomic E-state index is 12.8. The molecule has 0 saturated carbocycles. The summed E-state index contributed by atoms with van der Waals surface area (Å²) in [5.74, 6) is -1.64. The van der Waals surface area contributed by atoms with Crippen molar-refractivity contribution in [1.82, 2.24) is 9.80 Å². The first kappa shape index (κ1) is 15.7. The SMILES string of the molecule is CN(C)C(=O)C1CCCN1C(=O)C(C)(N)C(F)(F)F. The lowest BCUT2D eigenvalue weighted by Gasteiger charge is -2.34. The van der Waals surface area contributed by atoms with Gasteiger partial charge in [0.15, 0.2) is 5.54 Å². The topological polar surface area (TPSA) is 66.6 Å². The third-order valence-corrected chi connectivity index (χ3v) is 3.27. The standard InChI is InChI=1S/C11H18F3N3O2/c1-10(15,11(12,13)14)9(19)17-6-4-5-7(17)8(18)16(2)3/h7H,4-6,15H2,1-3H3. The molecule has 0 spiro atoms. The highest BCUT2D eigenvalue weighted by Crippen LogP contribution is 2.32. The molecule has 0 radical (unpaired) electrons. The van der Waals surface area contributed by atoms with Gasteiger partial charge in [-0.05, 0) is 19.8 Å². The zero-order valence-corrected chi connectivity index (χ0v) is 11.1. The number of nitrogens with two attached hydrogens (primary N) is 1. The van der Waals surface area contributed by atoms with Crippen LogP contribution in [-0.4, -0.2) is 60.0 Å². The molecule has 8 heteroatoms. The van der Waals surface area contributed by atoms with Crippen LogP contribution in [0.25, 0.3) is 0 Å². The molecule has 0 aliphatic carbocycles. The van der Waals surface area contributed by atoms with Crippen molar-refractivity contribution in [3.05, 3.63) is 0 Å². The lowest BCUT2D eigenvalue weighted by Crippen LogP contribution is -2.64. The minimum Gasteiger partial charge on any atom is -0.347 e. The average Bonchev–Trinajstić information content (AvgIpc) is 2.73. The normalized spacial score (nSPS) is 23.1. The van der Waals surface area contributed by atoms with Gasteiger partial charge in [0.05, 0.1) is 0 Å². The minimum absolute atomic E-state index is 0.117. The van der Waals surface area contributed by atoms with E-state index in [4.69, 9.17) is 5.73 Å². The summed E-state index contributed by atoms with van der Waals surface area (Å²) in [6.07, 6.45) is -4.00. The highest BCUT2D eigenvalue weighted by molar-refractivity contribution is 5.92. The third kappa shape index (κ3) is 2.83. The monoisotopic (exact) mass is 281 g/mol. The Kier molecular flexibility index (Phi) is 4.14. The van der Waals surface area contributed by atoms with Crippen LogP contribution in [0.5, 0.6) is 0 Å². The number of halogens is 3. The molecule has 2 unspecified atom stereocenters. The van der Waals surface area contributed by atoms with Gasteiger partial charge in [-0.1, -0.05) is 0 Å². The average molecular weight is 281 g/mol. The van der Waals surface area contributed by atoms with Crippen molar-refractivity contribution in [1.29, 1.82) is 0 Å². The molecule has 1 rings (SSSR count). The van der Waals surface area contributed by atoms with Crippen molar-refractivity contribution in [2.75, 3.05) is 20.6 Å². The Morgan fingerprint density at radius 3 is 2.26 bits per heavy atom. The molecule has 2 atom stereocenters. The molecule has 0 aromatic heterocycles. The summed E-state index contributed by atoms with van der Waals surface area (Å²) in [6.45, 7) is 0.747. The van der Waals surface area contributed by atoms with Gasteiger partial charge in [-0.2, -0.15) is 13.2 Å². The van der Waals surface area contributed by atoms with Crippen LogP contribution < -0.4 is 5.73 Å². The molecule has 1 fully saturated rings. The number of carbonyl (C=O) groups is 2. The van der Waals surface area contributed by atoms with Gasteiger partial charge in [0.2, 0.25) is 5.91 Å². The van der Waals surface area contributed by atoms with E-state index in [9.17, 15) is 22.8 Å². The number of amides is 2. The second-order valence-electron chi connectivity index (χ2n) is 5.09. The zero-order chi connectivity index (χ0) is 15.0. The molecule has 19 heavy (non-hydrogen) atoms. The van der Waals surface area contributed by atoms with Crippen LogP contribution in [0.15, 0.2) is 0 Å². The first-order chi connectivity index (χ1) is 8.50. The van der Waals surface area contributed by atoms with Crippen LogP contribution in [0.3, 0.4) is 0 Å². The van der Waals surface area contributed by atoms with E-state index in [1.807, 2.05) is 0 Å². The Morgan fingerprint density at radius 1 is 1.32 bits per heavy atom. The fourth-order valence-electron chi connectivity index (χ4n) is 1.98. The van der Waals surface area contributed by atoms with Crippen molar-refractivity contribution >= 4 is 11.8 Å². The molecule has 110 valence electrons. The van der Waals surface area contributed by atoms with Crippen LogP contribution >= 0.6 is 0 Å². The van der Waals surface area contributed by atoms with E-state index in [1.165, 1.54) is 19.0 Å². The van der Waals surface area contributed by atoms with Gasteiger partial charge in [-0.25, -0.2) is 0 Å². The Balaban J connectivity index is 2.96. The Labute approximate surface area is 109 Å². The van der Waals surface area contributed by atoms with E-state index in [1.54, 1.807) is 0 Å². The molecule has 2 amide bonds. The van der Waals surface area contributed by atoms with E-state index < -0.39 is 23.7 Å². The maximum absolute atomic E-state index is 12.8. The molecule has 0 aromatic carbocycles. The third-order valence-electron chi connectivity index (χ3n) is 3.27. The fourth-order valence-corrected chi connectivity index (χ4v) is 1.98. The van der Waals surface area contributed by atoms with Gasteiger partial charge in [0.1, 0.15) is 6.04 Å². The second-order valence-corrected chi connectivity index (χ2v) is 5.09. The van der Waals surface area contributed by atoms with E-state index >= 15 is 0 Å². The molecule has 1 aliphatic heterocycles. The number of likely N-dealkylation sites (tertiary alicyclic amines) is 1. The smallest absolute Gasteiger partial charge is 0.347 e. The van der Waals surface area contributed by atoms with E-state index in [-0.39, 0.29) is 12.5 Å². The number of nitrogens with zero attached hydrogens (tertiary/aromatic N) is 2. The molecule has 0 bridgehead atoms. The van der Waals surface area contributed by atoms with Gasteiger partial charge in [-0.3, -0.25) is 9.59 Å². The molecular formula is C11H18F3N3O2. The Bertz CT molecular complexity index is 380. The number of rotatable bonds is 2. The highest BCUT2D eigenvalue weighted by Gasteiger charge is 2.57. The quantitative estimate of drug-likeness (QED) is 0.794. The number of alkyl halides is 3. The van der Waals surface area contributed by atoms with Gasteiger partial charge in [0, 0.05) is 20.6 Å². The Hall–Kier alpha value is -1.31. The molecule has 1 heterocycles. The van der Waals surface area contributed by atoms with Crippen LogP contribution in [0.2, 0.25) is 0 Å². The van der Waals surface area contributed by atoms with Crippen molar-refractivity contribution < 1.29 is 22.8 Å². The van der Waals surface area contributed by atoms with E-state index in [2.05, 4.69) is 0 Å². The summed E-state index contributed by atoms with van der Waals surface area (Å²) in [4.78, 5) is 26.0. The predicted octanol–water partition coefficient (Wildman–Crippen LogP) is 0.345. The first-order valence-corrected chi connectivity index (χ1v) is 5.88. The van der Waals surface area contributed by atoms with Crippen molar-refractivity contribution in [2.24, 2.45) is 5.73 Å². The highest BCUT2D eigenvalue weighted by atomic mass is 19.4. The van der Waals surface area contributed by atoms with Crippen LogP contribution in [0.1, 0.15) is 19.8 Å². The second kappa shape index (κ2) is 4.99. The lowest BCUT2D eigenvalue weighted by molar-refractivity contribution is -0.194. The zero-order valence-electron chi connectivity index (χ0n) is 11.1. The molecule has 2 N–H and O–H groups in total. The summed E-state index contributed by atoms with van der Waals surface area (Å²) >= 11 is 0. The number of hydrogen-bond acceptors (Lipinski definition) is 3. The van der Waals surface area contributed by atoms with Gasteiger partial charge in [-0.15, -0.1) is 0 Å². The van der Waals surface area contributed by atoms with Gasteiger partial charge >= 0.3 is 6.18 Å². The summed E-state index contributed by atoms with van der Waals surface area (Å²) < 4.78 is 38.3. The molecule has 1 aliphatic rings. The first-order valence-electron chi connectivity index (χ1n) is 5.88. The van der Waals surface area contributed by atoms with Crippen LogP contribution in [-0.2, 0) is 9.59 Å². The summed E-state index contributed by atoms with van der Waals surface area (Å²) in [7, 11) is 2.99. The van der Waals surface area contributed by atoms with Crippen LogP contribution in [0, 0.1) is 0 Å². The predicted molar refractivity (Wildman–Crippen MR) is 62.1 cm³/mol. The summed E-state index contributed by atoms with van der Waals surface area (Å²) in [5.41, 5.74) is 2.14. The minimum atomic E-state index is -4.85. The number of carbonyl (C=O) groups excluding carboxylic acids is 2. The Morgan fingerprint density at radius 2 is 1.84 bits per heavy atom. The van der Waals surface area contributed by atoms with E-state index in [0.717, 1.165) is 4.90 Å². The lowest BCUT2D eigenvalue weighted by atomic mass is 10.0. The molecular weight excluding hydrogens is 263 g/mol. The van der Waals surface area contributed by atoms with Crippen molar-refractivity contribution in [3.63, 3.8) is 0 Å². The van der Waals surface area contributed by atoms with Crippen molar-refractivity contribution in [3.8, 4) is 0 Å². The molecule has 0 aromatic rings.